The van der Waals surface area contributed by atoms with Gasteiger partial charge in [0.25, 0.3) is 0 Å². The number of aromatic nitrogens is 2. The number of nitrogens with zero attached hydrogens (tertiary/aromatic N) is 3. The topological polar surface area (TPSA) is 30.2 Å². The van der Waals surface area contributed by atoms with Crippen molar-refractivity contribution in [2.75, 3.05) is 0 Å². The zero-order valence-electron chi connectivity index (χ0n) is 14.0. The third kappa shape index (κ3) is 3.09. The molecule has 0 spiro atoms. The smallest absolute Gasteiger partial charge is 0.136 e. The second-order valence-electron chi connectivity index (χ2n) is 5.90. The van der Waals surface area contributed by atoms with E-state index in [2.05, 4.69) is 66.5 Å². The highest BCUT2D eigenvalue weighted by Gasteiger charge is 2.09. The van der Waals surface area contributed by atoms with Gasteiger partial charge in [-0.25, -0.2) is 4.98 Å². The molecule has 0 saturated heterocycles. The quantitative estimate of drug-likeness (QED) is 0.636. The Morgan fingerprint density at radius 1 is 1.00 bits per heavy atom. The Labute approximate surface area is 137 Å². The van der Waals surface area contributed by atoms with Gasteiger partial charge in [-0.1, -0.05) is 23.8 Å². The summed E-state index contributed by atoms with van der Waals surface area (Å²) in [5, 5.41) is 0. The van der Waals surface area contributed by atoms with Crippen LogP contribution < -0.4 is 0 Å². The summed E-state index contributed by atoms with van der Waals surface area (Å²) < 4.78 is 2.16. The second kappa shape index (κ2) is 6.21. The van der Waals surface area contributed by atoms with Crippen molar-refractivity contribution in [2.24, 2.45) is 4.99 Å². The van der Waals surface area contributed by atoms with E-state index in [9.17, 15) is 0 Å². The van der Waals surface area contributed by atoms with E-state index in [1.165, 1.54) is 11.1 Å². The van der Waals surface area contributed by atoms with Gasteiger partial charge in [0.2, 0.25) is 0 Å². The molecule has 0 bridgehead atoms. The number of hydrogen-bond acceptors (Lipinski definition) is 2. The van der Waals surface area contributed by atoms with Gasteiger partial charge in [0, 0.05) is 29.4 Å². The predicted octanol–water partition coefficient (Wildman–Crippen LogP) is 4.86. The van der Waals surface area contributed by atoms with Crippen molar-refractivity contribution in [3.05, 3.63) is 76.7 Å². The molecule has 0 aliphatic carbocycles. The molecule has 0 fully saturated rings. The molecule has 0 unspecified atom stereocenters. The van der Waals surface area contributed by atoms with Crippen LogP contribution in [0.3, 0.4) is 0 Å². The summed E-state index contributed by atoms with van der Waals surface area (Å²) in [5.41, 5.74) is 6.89. The standard InChI is InChI=1S/C20H21N3/c1-14-8-9-19(15(2)11-14)22-13-18-12-16(3)23(17(18)4)20-7-5-6-10-21-20/h5-13H,1-4H3. The lowest BCUT2D eigenvalue weighted by Crippen LogP contribution is -2.01. The van der Waals surface area contributed by atoms with E-state index in [0.29, 0.717) is 0 Å². The Kier molecular flexibility index (Phi) is 4.11. The molecule has 3 rings (SSSR count). The van der Waals surface area contributed by atoms with E-state index in [1.54, 1.807) is 0 Å². The third-order valence-electron chi connectivity index (χ3n) is 4.04. The summed E-state index contributed by atoms with van der Waals surface area (Å²) in [5.74, 6) is 0.939. The van der Waals surface area contributed by atoms with Crippen LogP contribution in [-0.4, -0.2) is 15.8 Å². The Morgan fingerprint density at radius 3 is 2.52 bits per heavy atom. The fraction of sp³-hybridized carbons (Fsp3) is 0.200. The van der Waals surface area contributed by atoms with Crippen molar-refractivity contribution in [1.29, 1.82) is 0 Å². The van der Waals surface area contributed by atoms with E-state index in [0.717, 1.165) is 28.5 Å². The van der Waals surface area contributed by atoms with Gasteiger partial charge in [-0.2, -0.15) is 0 Å². The lowest BCUT2D eigenvalue weighted by Gasteiger charge is -2.07. The maximum Gasteiger partial charge on any atom is 0.136 e. The summed E-state index contributed by atoms with van der Waals surface area (Å²) in [6.45, 7) is 8.39. The fourth-order valence-corrected chi connectivity index (χ4v) is 2.85. The molecule has 3 heteroatoms. The van der Waals surface area contributed by atoms with Crippen molar-refractivity contribution in [2.45, 2.75) is 27.7 Å². The first-order valence-electron chi connectivity index (χ1n) is 7.78. The predicted molar refractivity (Wildman–Crippen MR) is 96.2 cm³/mol. The molecule has 3 nitrogen and oxygen atoms in total. The molecular weight excluding hydrogens is 282 g/mol. The Hall–Kier alpha value is -2.68. The zero-order valence-corrected chi connectivity index (χ0v) is 14.0. The minimum atomic E-state index is 0.939. The van der Waals surface area contributed by atoms with Crippen LogP contribution >= 0.6 is 0 Å². The average molecular weight is 303 g/mol. The fourth-order valence-electron chi connectivity index (χ4n) is 2.85. The third-order valence-corrected chi connectivity index (χ3v) is 4.04. The lowest BCUT2D eigenvalue weighted by atomic mass is 10.1. The van der Waals surface area contributed by atoms with Crippen molar-refractivity contribution >= 4 is 11.9 Å². The Bertz CT molecular complexity index is 858. The monoisotopic (exact) mass is 303 g/mol. The molecular formula is C20H21N3. The van der Waals surface area contributed by atoms with E-state index in [1.807, 2.05) is 30.6 Å². The number of aryl methyl sites for hydroxylation is 3. The number of hydrogen-bond donors (Lipinski definition) is 0. The van der Waals surface area contributed by atoms with Gasteiger partial charge in [-0.3, -0.25) is 4.99 Å². The molecule has 3 aromatic rings. The molecule has 0 aliphatic heterocycles. The highest BCUT2D eigenvalue weighted by Crippen LogP contribution is 2.22. The van der Waals surface area contributed by atoms with Gasteiger partial charge in [0.05, 0.1) is 5.69 Å². The van der Waals surface area contributed by atoms with Gasteiger partial charge >= 0.3 is 0 Å². The lowest BCUT2D eigenvalue weighted by molar-refractivity contribution is 0.921. The van der Waals surface area contributed by atoms with Crippen LogP contribution in [0, 0.1) is 27.7 Å². The molecule has 2 aromatic heterocycles. The largest absolute Gasteiger partial charge is 0.303 e. The van der Waals surface area contributed by atoms with Gasteiger partial charge in [-0.05, 0) is 57.5 Å². The normalized spacial score (nSPS) is 11.3. The Morgan fingerprint density at radius 2 is 1.83 bits per heavy atom. The van der Waals surface area contributed by atoms with Crippen LogP contribution in [-0.2, 0) is 0 Å². The first-order valence-corrected chi connectivity index (χ1v) is 7.78. The average Bonchev–Trinajstić information content (AvgIpc) is 2.81. The number of aliphatic imine (C=N–C) groups is 1. The SMILES string of the molecule is Cc1ccc(N=Cc2cc(C)n(-c3ccccn3)c2C)c(C)c1. The van der Waals surface area contributed by atoms with E-state index in [4.69, 9.17) is 0 Å². The maximum absolute atomic E-state index is 4.67. The maximum atomic E-state index is 4.67. The van der Waals surface area contributed by atoms with Crippen LogP contribution in [0.2, 0.25) is 0 Å². The molecule has 0 radical (unpaired) electrons. The molecule has 0 atom stereocenters. The summed E-state index contributed by atoms with van der Waals surface area (Å²) in [6, 6.07) is 14.4. The van der Waals surface area contributed by atoms with Crippen LogP contribution in [0.25, 0.3) is 5.82 Å². The molecule has 2 heterocycles. The van der Waals surface area contributed by atoms with E-state index < -0.39 is 0 Å². The highest BCUT2D eigenvalue weighted by atomic mass is 15.1. The highest BCUT2D eigenvalue weighted by molar-refractivity contribution is 5.84. The van der Waals surface area contributed by atoms with Crippen LogP contribution in [0.1, 0.15) is 28.1 Å². The molecule has 0 aliphatic rings. The minimum absolute atomic E-state index is 0.939. The molecule has 0 amide bonds. The van der Waals surface area contributed by atoms with Crippen molar-refractivity contribution in [3.8, 4) is 5.82 Å². The first kappa shape index (κ1) is 15.2. The van der Waals surface area contributed by atoms with E-state index >= 15 is 0 Å². The minimum Gasteiger partial charge on any atom is -0.303 e. The van der Waals surface area contributed by atoms with Crippen molar-refractivity contribution in [3.63, 3.8) is 0 Å². The molecule has 23 heavy (non-hydrogen) atoms. The van der Waals surface area contributed by atoms with Gasteiger partial charge in [0.1, 0.15) is 5.82 Å². The van der Waals surface area contributed by atoms with Crippen LogP contribution in [0.15, 0.2) is 53.7 Å². The number of rotatable bonds is 3. The summed E-state index contributed by atoms with van der Waals surface area (Å²) in [6.07, 6.45) is 3.76. The second-order valence-corrected chi connectivity index (χ2v) is 5.90. The van der Waals surface area contributed by atoms with Crippen molar-refractivity contribution in [1.82, 2.24) is 9.55 Å². The van der Waals surface area contributed by atoms with Gasteiger partial charge in [0.15, 0.2) is 0 Å². The number of pyridine rings is 1. The zero-order chi connectivity index (χ0) is 16.4. The molecule has 0 N–H and O–H groups in total. The Balaban J connectivity index is 1.97. The molecule has 0 saturated carbocycles. The molecule has 116 valence electrons. The summed E-state index contributed by atoms with van der Waals surface area (Å²) in [4.78, 5) is 9.11. The first-order chi connectivity index (χ1) is 11.1. The van der Waals surface area contributed by atoms with Crippen LogP contribution in [0.5, 0.6) is 0 Å². The van der Waals surface area contributed by atoms with Crippen molar-refractivity contribution < 1.29 is 0 Å². The van der Waals surface area contributed by atoms with E-state index in [-0.39, 0.29) is 0 Å². The van der Waals surface area contributed by atoms with Gasteiger partial charge < -0.3 is 4.57 Å². The summed E-state index contributed by atoms with van der Waals surface area (Å²) >= 11 is 0. The molecule has 1 aromatic carbocycles. The summed E-state index contributed by atoms with van der Waals surface area (Å²) in [7, 11) is 0. The van der Waals surface area contributed by atoms with Gasteiger partial charge in [-0.15, -0.1) is 0 Å². The van der Waals surface area contributed by atoms with Crippen LogP contribution in [0.4, 0.5) is 5.69 Å². The number of benzene rings is 1.